The Labute approximate surface area is 129 Å². The molecule has 0 aromatic carbocycles. The average molecular weight is 372 g/mol. The number of rotatable bonds is 7. The molecule has 0 aromatic rings. The van der Waals surface area contributed by atoms with Crippen LogP contribution in [0.4, 0.5) is 0 Å². The molecule has 0 N–H and O–H groups in total. The molecule has 0 aromatic heterocycles. The van der Waals surface area contributed by atoms with E-state index in [2.05, 4.69) is 24.4 Å². The zero-order chi connectivity index (χ0) is 13.5. The lowest BCUT2D eigenvalue weighted by atomic mass is 10.1. The molecule has 1 heteroatoms. The zero-order valence-corrected chi connectivity index (χ0v) is 14.8. The van der Waals surface area contributed by atoms with Crippen LogP contribution in [-0.4, -0.2) is 7.43 Å². The van der Waals surface area contributed by atoms with Crippen molar-refractivity contribution in [2.45, 2.75) is 68.6 Å². The molecule has 0 spiro atoms. The Morgan fingerprint density at radius 1 is 1.32 bits per heavy atom. The number of halogens is 1. The molecule has 19 heavy (non-hydrogen) atoms. The Morgan fingerprint density at radius 2 is 2.16 bits per heavy atom. The monoisotopic (exact) mass is 372 g/mol. The summed E-state index contributed by atoms with van der Waals surface area (Å²) in [5, 5.41) is 0. The minimum absolute atomic E-state index is 0.290. The molecule has 3 aliphatic rings. The first-order valence-corrected chi connectivity index (χ1v) is 10.6. The first-order chi connectivity index (χ1) is 9.14. The van der Waals surface area contributed by atoms with E-state index in [0.29, 0.717) is 0 Å². The van der Waals surface area contributed by atoms with E-state index in [1.54, 1.807) is 12.8 Å². The number of hydrogen-bond acceptors (Lipinski definition) is 0. The van der Waals surface area contributed by atoms with Gasteiger partial charge in [0.25, 0.3) is 0 Å². The molecule has 0 heterocycles. The summed E-state index contributed by atoms with van der Waals surface area (Å²) in [6.07, 6.45) is 11.8. The van der Waals surface area contributed by atoms with Gasteiger partial charge in [0, 0.05) is 3.42 Å². The summed E-state index contributed by atoms with van der Waals surface area (Å²) >= 11 is 0.290. The average Bonchev–Trinajstić information content (AvgIpc) is 3.25. The van der Waals surface area contributed by atoms with Gasteiger partial charge >= 0.3 is 0 Å². The highest BCUT2D eigenvalue weighted by atomic mass is 127. The third-order valence-corrected chi connectivity index (χ3v) is 9.63. The molecule has 3 aliphatic carbocycles. The maximum absolute atomic E-state index is 4.40. The van der Waals surface area contributed by atoms with E-state index in [0.717, 1.165) is 27.1 Å². The normalized spacial score (nSPS) is 43.9. The maximum atomic E-state index is 4.40. The van der Waals surface area contributed by atoms with Gasteiger partial charge in [0.05, 0.1) is 0 Å². The predicted molar refractivity (Wildman–Crippen MR) is 94.2 cm³/mol. The van der Waals surface area contributed by atoms with Crippen LogP contribution in [0.1, 0.15) is 65.2 Å². The number of fused-ring (bicyclic) bond motifs is 1. The first-order valence-electron chi connectivity index (χ1n) is 8.31. The van der Waals surface area contributed by atoms with Crippen LogP contribution in [0.2, 0.25) is 0 Å². The van der Waals surface area contributed by atoms with Crippen molar-refractivity contribution in [3.05, 3.63) is 12.2 Å². The van der Waals surface area contributed by atoms with Gasteiger partial charge in [-0.05, 0) is 65.4 Å². The number of hydrogen-bond donors (Lipinski definition) is 0. The van der Waals surface area contributed by atoms with Crippen LogP contribution in [0.25, 0.3) is 0 Å². The van der Waals surface area contributed by atoms with E-state index >= 15 is 0 Å². The van der Waals surface area contributed by atoms with Gasteiger partial charge in [-0.3, -0.25) is 0 Å². The van der Waals surface area contributed by atoms with E-state index in [9.17, 15) is 0 Å². The fourth-order valence-corrected chi connectivity index (χ4v) is 8.20. The Kier molecular flexibility index (Phi) is 4.22. The summed E-state index contributed by atoms with van der Waals surface area (Å²) in [4.78, 5) is 0. The van der Waals surface area contributed by atoms with Gasteiger partial charge in [-0.1, -0.05) is 39.7 Å². The van der Waals surface area contributed by atoms with Gasteiger partial charge in [0.15, 0.2) is 0 Å². The van der Waals surface area contributed by atoms with Crippen LogP contribution in [0.15, 0.2) is 12.2 Å². The topological polar surface area (TPSA) is 0 Å². The van der Waals surface area contributed by atoms with Crippen LogP contribution >= 0.6 is 20.7 Å². The molecule has 3 rings (SSSR count). The molecular weight excluding hydrogens is 343 g/mol. The van der Waals surface area contributed by atoms with E-state index < -0.39 is 0 Å². The van der Waals surface area contributed by atoms with Crippen molar-refractivity contribution in [2.75, 3.05) is 0 Å². The second-order valence-electron chi connectivity index (χ2n) is 7.37. The van der Waals surface area contributed by atoms with Crippen molar-refractivity contribution < 1.29 is 0 Å². The number of unbranched alkanes of at least 4 members (excludes halogenated alkanes) is 2. The maximum Gasteiger partial charge on any atom is 0.0209 e. The van der Waals surface area contributed by atoms with Gasteiger partial charge < -0.3 is 0 Å². The third-order valence-electron chi connectivity index (χ3n) is 5.52. The highest BCUT2D eigenvalue weighted by Crippen LogP contribution is 2.66. The molecular formula is C18H29I. The Hall–Kier alpha value is 0.340. The molecule has 0 amide bonds. The quantitative estimate of drug-likeness (QED) is 0.305. The van der Waals surface area contributed by atoms with Crippen LogP contribution in [0.3, 0.4) is 0 Å². The second-order valence-corrected chi connectivity index (χ2v) is 10.8. The molecule has 0 radical (unpaired) electrons. The van der Waals surface area contributed by atoms with Crippen LogP contribution in [-0.2, 0) is 0 Å². The molecule has 5 atom stereocenters. The summed E-state index contributed by atoms with van der Waals surface area (Å²) in [7, 11) is 0. The van der Waals surface area contributed by atoms with Crippen molar-refractivity contribution in [3.8, 4) is 0 Å². The molecule has 3 unspecified atom stereocenters. The van der Waals surface area contributed by atoms with Crippen LogP contribution < -0.4 is 0 Å². The molecule has 3 fully saturated rings. The lowest BCUT2D eigenvalue weighted by Gasteiger charge is -2.08. The Balaban J connectivity index is 1.43. The summed E-state index contributed by atoms with van der Waals surface area (Å²) < 4.78 is 3.50. The highest BCUT2D eigenvalue weighted by molar-refractivity contribution is 14.2. The summed E-state index contributed by atoms with van der Waals surface area (Å²) in [6.45, 7) is 9.15. The fraction of sp³-hybridized carbons (Fsp3) is 0.833. The zero-order valence-electron chi connectivity index (χ0n) is 12.6. The fourth-order valence-electron chi connectivity index (χ4n) is 4.16. The molecule has 0 nitrogen and oxygen atoms in total. The lowest BCUT2D eigenvalue weighted by molar-refractivity contribution is 0.544. The minimum Gasteiger partial charge on any atom is -0.115 e. The summed E-state index contributed by atoms with van der Waals surface area (Å²) in [6, 6.07) is 0. The number of alkyl halides is 1. The standard InChI is InChI=1S/C18H29I/c1-4-5-6-7-15-9-17(15)14(3)12-19-18-10-13(2)8-16(18)11-18/h12-13,15-17H,3-11H2,1-2H3/t13-,15?,16?,17?,18+/m0/s1. The SMILES string of the molecule is C=C(C=I[C@]12CC1C[C@H](C)C2)C1CC1CCCCC. The van der Waals surface area contributed by atoms with Crippen molar-refractivity contribution in [1.82, 2.24) is 0 Å². The van der Waals surface area contributed by atoms with E-state index in [1.165, 1.54) is 44.1 Å². The Morgan fingerprint density at radius 3 is 2.84 bits per heavy atom. The van der Waals surface area contributed by atoms with E-state index in [1.807, 2.05) is 0 Å². The van der Waals surface area contributed by atoms with E-state index in [-0.39, 0.29) is 20.7 Å². The van der Waals surface area contributed by atoms with Crippen LogP contribution in [0.5, 0.6) is 0 Å². The second kappa shape index (κ2) is 5.61. The summed E-state index contributed by atoms with van der Waals surface area (Å²) in [5.74, 6) is 4.04. The molecule has 0 bridgehead atoms. The van der Waals surface area contributed by atoms with E-state index in [4.69, 9.17) is 0 Å². The van der Waals surface area contributed by atoms with Crippen molar-refractivity contribution in [3.63, 3.8) is 0 Å². The first kappa shape index (κ1) is 14.3. The van der Waals surface area contributed by atoms with Gasteiger partial charge in [-0.25, -0.2) is 0 Å². The van der Waals surface area contributed by atoms with Crippen molar-refractivity contribution in [2.24, 2.45) is 23.7 Å². The van der Waals surface area contributed by atoms with Gasteiger partial charge in [0.1, 0.15) is 0 Å². The minimum atomic E-state index is 0.290. The molecule has 108 valence electrons. The van der Waals surface area contributed by atoms with Crippen LogP contribution in [0, 0.1) is 23.7 Å². The van der Waals surface area contributed by atoms with Crippen molar-refractivity contribution >= 4 is 24.7 Å². The lowest BCUT2D eigenvalue weighted by Crippen LogP contribution is -1.99. The smallest absolute Gasteiger partial charge is 0.0209 e. The third kappa shape index (κ3) is 3.16. The number of allylic oxidation sites excluding steroid dienone is 1. The van der Waals surface area contributed by atoms with Gasteiger partial charge in [-0.15, -0.1) is 20.7 Å². The van der Waals surface area contributed by atoms with Gasteiger partial charge in [0.2, 0.25) is 0 Å². The summed E-state index contributed by atoms with van der Waals surface area (Å²) in [5.41, 5.74) is 1.54. The molecule has 3 saturated carbocycles. The van der Waals surface area contributed by atoms with Gasteiger partial charge in [-0.2, -0.15) is 0 Å². The Bertz CT molecular complexity index is 383. The van der Waals surface area contributed by atoms with Crippen molar-refractivity contribution in [1.29, 1.82) is 0 Å². The highest BCUT2D eigenvalue weighted by Gasteiger charge is 2.58. The molecule has 0 saturated heterocycles. The largest absolute Gasteiger partial charge is 0.115 e. The molecule has 0 aliphatic heterocycles. The predicted octanol–water partition coefficient (Wildman–Crippen LogP) is 5.72.